The number of aromatic nitrogens is 5. The van der Waals surface area contributed by atoms with Crippen LogP contribution in [-0.2, 0) is 0 Å². The Balaban J connectivity index is 1.61. The molecule has 2 N–H and O–H groups in total. The van der Waals surface area contributed by atoms with Crippen molar-refractivity contribution in [3.63, 3.8) is 0 Å². The lowest BCUT2D eigenvalue weighted by Gasteiger charge is -2.18. The van der Waals surface area contributed by atoms with E-state index in [1.165, 1.54) is 0 Å². The zero-order chi connectivity index (χ0) is 17.2. The van der Waals surface area contributed by atoms with Gasteiger partial charge in [0.2, 0.25) is 11.8 Å². The molecule has 0 unspecified atom stereocenters. The zero-order valence-electron chi connectivity index (χ0n) is 13.9. The van der Waals surface area contributed by atoms with Crippen molar-refractivity contribution in [3.8, 4) is 17.3 Å². The highest BCUT2D eigenvalue weighted by Gasteiger charge is 2.14. The fourth-order valence-electron chi connectivity index (χ4n) is 2.51. The van der Waals surface area contributed by atoms with E-state index in [2.05, 4.69) is 30.6 Å². The molecule has 0 spiro atoms. The first kappa shape index (κ1) is 15.2. The molecule has 9 heteroatoms. The molecular weight excluding hydrogens is 322 g/mol. The van der Waals surface area contributed by atoms with E-state index in [9.17, 15) is 0 Å². The maximum atomic E-state index is 5.47. The third-order valence-electron chi connectivity index (χ3n) is 3.67. The number of pyridine rings is 1. The number of anilines is 3. The molecule has 3 aromatic rings. The highest BCUT2D eigenvalue weighted by Crippen LogP contribution is 2.27. The molecule has 0 saturated carbocycles. The van der Waals surface area contributed by atoms with Crippen molar-refractivity contribution >= 4 is 17.6 Å². The number of aryl methyl sites for hydroxylation is 1. The quantitative estimate of drug-likeness (QED) is 0.744. The predicted molar refractivity (Wildman–Crippen MR) is 91.9 cm³/mol. The molecule has 0 bridgehead atoms. The summed E-state index contributed by atoms with van der Waals surface area (Å²) in [6, 6.07) is 3.73. The van der Waals surface area contributed by atoms with E-state index in [1.54, 1.807) is 19.6 Å². The Morgan fingerprint density at radius 1 is 1.28 bits per heavy atom. The first-order valence-corrected chi connectivity index (χ1v) is 7.79. The Kier molecular flexibility index (Phi) is 3.81. The van der Waals surface area contributed by atoms with Crippen LogP contribution >= 0.6 is 0 Å². The summed E-state index contributed by atoms with van der Waals surface area (Å²) in [7, 11) is 1.58. The van der Waals surface area contributed by atoms with Crippen LogP contribution in [0.2, 0.25) is 0 Å². The minimum atomic E-state index is 0.428. The molecule has 0 fully saturated rings. The van der Waals surface area contributed by atoms with Crippen molar-refractivity contribution in [2.75, 3.05) is 30.9 Å². The van der Waals surface area contributed by atoms with E-state index in [4.69, 9.17) is 9.47 Å². The summed E-state index contributed by atoms with van der Waals surface area (Å²) in [6.07, 6.45) is 5.27. The van der Waals surface area contributed by atoms with Gasteiger partial charge in [0.05, 0.1) is 31.9 Å². The molecule has 4 heterocycles. The van der Waals surface area contributed by atoms with Crippen LogP contribution in [0.1, 0.15) is 5.69 Å². The Morgan fingerprint density at radius 2 is 2.20 bits per heavy atom. The van der Waals surface area contributed by atoms with Gasteiger partial charge in [-0.2, -0.15) is 9.97 Å². The summed E-state index contributed by atoms with van der Waals surface area (Å²) in [5.41, 5.74) is 1.72. The SMILES string of the molecule is COc1nc(Nc2ncc3c(n2)NCCO3)ccc1-n1cnc(C)c1. The van der Waals surface area contributed by atoms with E-state index in [1.807, 2.05) is 29.8 Å². The van der Waals surface area contributed by atoms with Gasteiger partial charge in [0.1, 0.15) is 18.1 Å². The molecule has 0 radical (unpaired) electrons. The van der Waals surface area contributed by atoms with Gasteiger partial charge in [-0.15, -0.1) is 0 Å². The molecule has 0 aromatic carbocycles. The summed E-state index contributed by atoms with van der Waals surface area (Å²) >= 11 is 0. The Morgan fingerprint density at radius 3 is 3.00 bits per heavy atom. The molecule has 128 valence electrons. The van der Waals surface area contributed by atoms with Crippen LogP contribution in [-0.4, -0.2) is 44.8 Å². The standard InChI is InChI=1S/C16H17N7O2/c1-10-8-23(9-19-10)11-3-4-13(20-15(11)24-2)21-16-18-7-12-14(22-16)17-5-6-25-12/h3-4,7-9H,5-6H2,1-2H3,(H2,17,18,20,21,22). The first-order chi connectivity index (χ1) is 12.2. The van der Waals surface area contributed by atoms with E-state index in [-0.39, 0.29) is 0 Å². The average Bonchev–Trinajstić information content (AvgIpc) is 3.07. The van der Waals surface area contributed by atoms with Gasteiger partial charge < -0.3 is 24.7 Å². The van der Waals surface area contributed by atoms with Crippen molar-refractivity contribution in [1.82, 2.24) is 24.5 Å². The van der Waals surface area contributed by atoms with Crippen molar-refractivity contribution in [3.05, 3.63) is 36.5 Å². The van der Waals surface area contributed by atoms with Crippen LogP contribution in [0.25, 0.3) is 5.69 Å². The highest BCUT2D eigenvalue weighted by molar-refractivity contribution is 5.58. The number of ether oxygens (including phenoxy) is 2. The minimum absolute atomic E-state index is 0.428. The second-order valence-corrected chi connectivity index (χ2v) is 5.45. The first-order valence-electron chi connectivity index (χ1n) is 7.79. The Labute approximate surface area is 144 Å². The molecule has 0 saturated heterocycles. The monoisotopic (exact) mass is 339 g/mol. The molecule has 0 atom stereocenters. The fraction of sp³-hybridized carbons (Fsp3) is 0.250. The lowest BCUT2D eigenvalue weighted by molar-refractivity contribution is 0.320. The smallest absolute Gasteiger partial charge is 0.240 e. The zero-order valence-corrected chi connectivity index (χ0v) is 13.9. The van der Waals surface area contributed by atoms with Crippen LogP contribution < -0.4 is 20.1 Å². The van der Waals surface area contributed by atoms with Crippen LogP contribution in [0.3, 0.4) is 0 Å². The molecule has 9 nitrogen and oxygen atoms in total. The summed E-state index contributed by atoms with van der Waals surface area (Å²) < 4.78 is 12.7. The second-order valence-electron chi connectivity index (χ2n) is 5.45. The van der Waals surface area contributed by atoms with E-state index in [0.29, 0.717) is 42.4 Å². The number of methoxy groups -OCH3 is 1. The van der Waals surface area contributed by atoms with Gasteiger partial charge in [0.15, 0.2) is 11.6 Å². The van der Waals surface area contributed by atoms with Gasteiger partial charge in [0.25, 0.3) is 0 Å². The number of hydrogen-bond donors (Lipinski definition) is 2. The molecule has 1 aliphatic rings. The van der Waals surface area contributed by atoms with Crippen LogP contribution in [0.15, 0.2) is 30.9 Å². The topological polar surface area (TPSA) is 99.0 Å². The lowest BCUT2D eigenvalue weighted by atomic mass is 10.3. The Hall–Kier alpha value is -3.36. The number of imidazole rings is 1. The number of fused-ring (bicyclic) bond motifs is 1. The van der Waals surface area contributed by atoms with E-state index >= 15 is 0 Å². The van der Waals surface area contributed by atoms with Gasteiger partial charge in [0, 0.05) is 6.20 Å². The molecular formula is C16H17N7O2. The van der Waals surface area contributed by atoms with Gasteiger partial charge in [-0.05, 0) is 19.1 Å². The summed E-state index contributed by atoms with van der Waals surface area (Å²) in [5.74, 6) is 2.79. The van der Waals surface area contributed by atoms with Gasteiger partial charge >= 0.3 is 0 Å². The normalized spacial score (nSPS) is 12.7. The Bertz CT molecular complexity index is 909. The van der Waals surface area contributed by atoms with Crippen molar-refractivity contribution in [1.29, 1.82) is 0 Å². The van der Waals surface area contributed by atoms with E-state index < -0.39 is 0 Å². The van der Waals surface area contributed by atoms with Crippen molar-refractivity contribution in [2.45, 2.75) is 6.92 Å². The third kappa shape index (κ3) is 3.03. The average molecular weight is 339 g/mol. The second kappa shape index (κ2) is 6.27. The maximum absolute atomic E-state index is 5.47. The lowest BCUT2D eigenvalue weighted by Crippen LogP contribution is -2.19. The molecule has 25 heavy (non-hydrogen) atoms. The van der Waals surface area contributed by atoms with Gasteiger partial charge in [-0.1, -0.05) is 0 Å². The number of nitrogens with zero attached hydrogens (tertiary/aromatic N) is 5. The molecule has 3 aromatic heterocycles. The minimum Gasteiger partial charge on any atom is -0.486 e. The van der Waals surface area contributed by atoms with Crippen molar-refractivity contribution < 1.29 is 9.47 Å². The molecule has 0 amide bonds. The summed E-state index contributed by atoms with van der Waals surface area (Å²) in [5, 5.41) is 6.25. The predicted octanol–water partition coefficient (Wildman–Crippen LogP) is 1.92. The highest BCUT2D eigenvalue weighted by atomic mass is 16.5. The van der Waals surface area contributed by atoms with Crippen LogP contribution in [0.4, 0.5) is 17.6 Å². The number of nitrogens with one attached hydrogen (secondary N) is 2. The third-order valence-corrected chi connectivity index (χ3v) is 3.67. The number of hydrogen-bond acceptors (Lipinski definition) is 8. The van der Waals surface area contributed by atoms with E-state index in [0.717, 1.165) is 11.4 Å². The van der Waals surface area contributed by atoms with Crippen molar-refractivity contribution in [2.24, 2.45) is 0 Å². The summed E-state index contributed by atoms with van der Waals surface area (Å²) in [6.45, 7) is 3.25. The largest absolute Gasteiger partial charge is 0.486 e. The fourth-order valence-corrected chi connectivity index (χ4v) is 2.51. The molecule has 1 aliphatic heterocycles. The summed E-state index contributed by atoms with van der Waals surface area (Å²) in [4.78, 5) is 17.3. The molecule has 4 rings (SSSR count). The van der Waals surface area contributed by atoms with Crippen LogP contribution in [0, 0.1) is 6.92 Å². The number of rotatable bonds is 4. The molecule has 0 aliphatic carbocycles. The van der Waals surface area contributed by atoms with Crippen LogP contribution in [0.5, 0.6) is 11.6 Å². The van der Waals surface area contributed by atoms with Gasteiger partial charge in [-0.25, -0.2) is 9.97 Å². The van der Waals surface area contributed by atoms with Gasteiger partial charge in [-0.3, -0.25) is 0 Å². The maximum Gasteiger partial charge on any atom is 0.240 e.